The number of benzene rings is 1. The van der Waals surface area contributed by atoms with Crippen LogP contribution in [-0.2, 0) is 13.5 Å². The van der Waals surface area contributed by atoms with Crippen LogP contribution >= 0.6 is 11.6 Å². The van der Waals surface area contributed by atoms with Crippen LogP contribution in [0.15, 0.2) is 18.2 Å². The van der Waals surface area contributed by atoms with Crippen LogP contribution < -0.4 is 4.90 Å². The summed E-state index contributed by atoms with van der Waals surface area (Å²) in [5.41, 5.74) is 4.53. The van der Waals surface area contributed by atoms with Crippen molar-refractivity contribution in [1.29, 1.82) is 0 Å². The molecule has 0 unspecified atom stereocenters. The number of nitrogens with zero attached hydrogens (tertiary/aromatic N) is 3. The highest BCUT2D eigenvalue weighted by Crippen LogP contribution is 2.32. The molecule has 4 nitrogen and oxygen atoms in total. The van der Waals surface area contributed by atoms with Gasteiger partial charge in [0, 0.05) is 19.3 Å². The van der Waals surface area contributed by atoms with Gasteiger partial charge in [0.15, 0.2) is 0 Å². The van der Waals surface area contributed by atoms with Crippen molar-refractivity contribution in [1.82, 2.24) is 9.78 Å². The zero-order valence-corrected chi connectivity index (χ0v) is 12.5. The highest BCUT2D eigenvalue weighted by atomic mass is 35.5. The van der Waals surface area contributed by atoms with E-state index in [4.69, 9.17) is 11.6 Å². The Morgan fingerprint density at radius 3 is 2.75 bits per heavy atom. The van der Waals surface area contributed by atoms with Gasteiger partial charge in [0.1, 0.15) is 5.15 Å². The Labute approximate surface area is 123 Å². The van der Waals surface area contributed by atoms with Crippen molar-refractivity contribution in [2.24, 2.45) is 7.05 Å². The van der Waals surface area contributed by atoms with Crippen molar-refractivity contribution >= 4 is 23.2 Å². The predicted octanol–water partition coefficient (Wildman–Crippen LogP) is 2.89. The maximum Gasteiger partial charge on any atom is 0.263 e. The Hall–Kier alpha value is -1.81. The molecule has 0 spiro atoms. The number of amides is 1. The average molecular weight is 290 g/mol. The first-order chi connectivity index (χ1) is 9.49. The Morgan fingerprint density at radius 2 is 2.10 bits per heavy atom. The van der Waals surface area contributed by atoms with Crippen LogP contribution in [0.5, 0.6) is 0 Å². The zero-order valence-electron chi connectivity index (χ0n) is 11.8. The summed E-state index contributed by atoms with van der Waals surface area (Å²) >= 11 is 6.20. The van der Waals surface area contributed by atoms with Crippen molar-refractivity contribution in [3.63, 3.8) is 0 Å². The van der Waals surface area contributed by atoms with Gasteiger partial charge in [-0.2, -0.15) is 5.10 Å². The van der Waals surface area contributed by atoms with Crippen molar-refractivity contribution in [3.8, 4) is 0 Å². The molecule has 3 rings (SSSR count). The molecule has 104 valence electrons. The molecule has 2 heterocycles. The molecular formula is C15H16ClN3O. The van der Waals surface area contributed by atoms with Crippen LogP contribution in [-0.4, -0.2) is 22.2 Å². The van der Waals surface area contributed by atoms with Crippen LogP contribution in [0.25, 0.3) is 0 Å². The Kier molecular flexibility index (Phi) is 3.05. The van der Waals surface area contributed by atoms with Gasteiger partial charge in [-0.25, -0.2) is 0 Å². The molecule has 0 aliphatic carbocycles. The lowest BCUT2D eigenvalue weighted by atomic mass is 10.1. The Balaban J connectivity index is 2.04. The first kappa shape index (κ1) is 13.2. The summed E-state index contributed by atoms with van der Waals surface area (Å²) in [6.07, 6.45) is 0.887. The summed E-state index contributed by atoms with van der Waals surface area (Å²) in [4.78, 5) is 14.6. The minimum Gasteiger partial charge on any atom is -0.308 e. The topological polar surface area (TPSA) is 38.1 Å². The lowest BCUT2D eigenvalue weighted by Gasteiger charge is -2.17. The van der Waals surface area contributed by atoms with Gasteiger partial charge in [-0.3, -0.25) is 9.48 Å². The maximum absolute atomic E-state index is 12.8. The van der Waals surface area contributed by atoms with E-state index in [0.29, 0.717) is 23.0 Å². The van der Waals surface area contributed by atoms with E-state index in [9.17, 15) is 4.79 Å². The summed E-state index contributed by atoms with van der Waals surface area (Å²) in [7, 11) is 1.74. The third-order valence-corrected chi connectivity index (χ3v) is 4.18. The van der Waals surface area contributed by atoms with Gasteiger partial charge in [-0.1, -0.05) is 23.7 Å². The number of aromatic nitrogens is 2. The SMILES string of the molecule is Cc1ccc2c(c1)N(C(=O)c1c(C)nn(C)c1Cl)CC2. The minimum absolute atomic E-state index is 0.0649. The zero-order chi connectivity index (χ0) is 14.4. The van der Waals surface area contributed by atoms with Crippen molar-refractivity contribution < 1.29 is 4.79 Å². The van der Waals surface area contributed by atoms with Crippen LogP contribution in [0.2, 0.25) is 5.15 Å². The van der Waals surface area contributed by atoms with Gasteiger partial charge < -0.3 is 4.90 Å². The highest BCUT2D eigenvalue weighted by molar-refractivity contribution is 6.33. The molecule has 0 saturated heterocycles. The van der Waals surface area contributed by atoms with Gasteiger partial charge in [0.2, 0.25) is 0 Å². The monoisotopic (exact) mass is 289 g/mol. The standard InChI is InChI=1S/C15H16ClN3O/c1-9-4-5-11-6-7-19(12(11)8-9)15(20)13-10(2)17-18(3)14(13)16/h4-5,8H,6-7H2,1-3H3. The molecule has 0 radical (unpaired) electrons. The number of aryl methyl sites for hydroxylation is 3. The highest BCUT2D eigenvalue weighted by Gasteiger charge is 2.29. The minimum atomic E-state index is -0.0649. The molecule has 5 heteroatoms. The third-order valence-electron chi connectivity index (χ3n) is 3.75. The molecular weight excluding hydrogens is 274 g/mol. The van der Waals surface area contributed by atoms with E-state index in [2.05, 4.69) is 23.3 Å². The van der Waals surface area contributed by atoms with E-state index in [-0.39, 0.29) is 5.91 Å². The first-order valence-electron chi connectivity index (χ1n) is 6.59. The quantitative estimate of drug-likeness (QED) is 0.809. The number of hydrogen-bond donors (Lipinski definition) is 0. The second-order valence-corrected chi connectivity index (χ2v) is 5.57. The molecule has 2 aromatic rings. The average Bonchev–Trinajstić information content (AvgIpc) is 2.91. The molecule has 0 bridgehead atoms. The van der Waals surface area contributed by atoms with E-state index >= 15 is 0 Å². The van der Waals surface area contributed by atoms with E-state index in [1.165, 1.54) is 10.2 Å². The largest absolute Gasteiger partial charge is 0.308 e. The fraction of sp³-hybridized carbons (Fsp3) is 0.333. The van der Waals surface area contributed by atoms with Gasteiger partial charge in [0.25, 0.3) is 5.91 Å². The molecule has 0 N–H and O–H groups in total. The number of anilines is 1. The number of carbonyl (C=O) groups excluding carboxylic acids is 1. The number of fused-ring (bicyclic) bond motifs is 1. The van der Waals surface area contributed by atoms with E-state index < -0.39 is 0 Å². The van der Waals surface area contributed by atoms with Crippen LogP contribution in [0.3, 0.4) is 0 Å². The number of carbonyl (C=O) groups is 1. The van der Waals surface area contributed by atoms with E-state index in [0.717, 1.165) is 17.7 Å². The van der Waals surface area contributed by atoms with E-state index in [1.807, 2.05) is 13.8 Å². The molecule has 0 fully saturated rings. The number of hydrogen-bond acceptors (Lipinski definition) is 2. The normalized spacial score (nSPS) is 13.7. The second kappa shape index (κ2) is 4.63. The Bertz CT molecular complexity index is 705. The van der Waals surface area contributed by atoms with Gasteiger partial charge in [0.05, 0.1) is 11.3 Å². The summed E-state index contributed by atoms with van der Waals surface area (Å²) in [5.74, 6) is -0.0649. The molecule has 1 aliphatic rings. The lowest BCUT2D eigenvalue weighted by molar-refractivity contribution is 0.0989. The molecule has 1 amide bonds. The van der Waals surface area contributed by atoms with Crippen LogP contribution in [0, 0.1) is 13.8 Å². The lowest BCUT2D eigenvalue weighted by Crippen LogP contribution is -2.29. The van der Waals surface area contributed by atoms with Crippen LogP contribution in [0.1, 0.15) is 27.2 Å². The molecule has 1 aromatic heterocycles. The summed E-state index contributed by atoms with van der Waals surface area (Å²) in [6.45, 7) is 4.54. The summed E-state index contributed by atoms with van der Waals surface area (Å²) in [5, 5.41) is 4.61. The van der Waals surface area contributed by atoms with Gasteiger partial charge in [-0.15, -0.1) is 0 Å². The molecule has 20 heavy (non-hydrogen) atoms. The van der Waals surface area contributed by atoms with Gasteiger partial charge in [-0.05, 0) is 37.5 Å². The fourth-order valence-electron chi connectivity index (χ4n) is 2.71. The first-order valence-corrected chi connectivity index (χ1v) is 6.97. The number of rotatable bonds is 1. The molecule has 1 aliphatic heterocycles. The number of halogens is 1. The Morgan fingerprint density at radius 1 is 1.35 bits per heavy atom. The van der Waals surface area contributed by atoms with Crippen molar-refractivity contribution in [3.05, 3.63) is 45.7 Å². The van der Waals surface area contributed by atoms with Crippen molar-refractivity contribution in [2.75, 3.05) is 11.4 Å². The summed E-state index contributed by atoms with van der Waals surface area (Å²) < 4.78 is 1.54. The smallest absolute Gasteiger partial charge is 0.263 e. The third kappa shape index (κ3) is 1.91. The van der Waals surface area contributed by atoms with E-state index in [1.54, 1.807) is 11.9 Å². The summed E-state index contributed by atoms with van der Waals surface area (Å²) in [6, 6.07) is 6.23. The fourth-order valence-corrected chi connectivity index (χ4v) is 2.96. The van der Waals surface area contributed by atoms with Crippen molar-refractivity contribution in [2.45, 2.75) is 20.3 Å². The maximum atomic E-state index is 12.8. The molecule has 1 aromatic carbocycles. The van der Waals surface area contributed by atoms with Crippen LogP contribution in [0.4, 0.5) is 5.69 Å². The van der Waals surface area contributed by atoms with Gasteiger partial charge >= 0.3 is 0 Å². The molecule has 0 saturated carbocycles. The second-order valence-electron chi connectivity index (χ2n) is 5.21. The molecule has 0 atom stereocenters. The predicted molar refractivity (Wildman–Crippen MR) is 79.5 cm³/mol.